The number of rotatable bonds is 6. The lowest BCUT2D eigenvalue weighted by molar-refractivity contribution is 0.431. The minimum atomic E-state index is -0.622. The van der Waals surface area contributed by atoms with Crippen LogP contribution in [0.3, 0.4) is 0 Å². The number of H-pyrrole nitrogens is 1. The maximum Gasteiger partial charge on any atom is 0.191 e. The molecule has 0 aliphatic heterocycles. The molecule has 1 aromatic heterocycles. The summed E-state index contributed by atoms with van der Waals surface area (Å²) in [5.74, 6) is -0.313. The summed E-state index contributed by atoms with van der Waals surface area (Å²) in [5.41, 5.74) is 4.54. The number of nitrogens with zero attached hydrogens (tertiary/aromatic N) is 1. The first kappa shape index (κ1) is 18.8. The van der Waals surface area contributed by atoms with Crippen molar-refractivity contribution in [2.24, 2.45) is 4.99 Å². The van der Waals surface area contributed by atoms with Crippen molar-refractivity contribution in [3.05, 3.63) is 65.1 Å². The number of phenols is 1. The molecule has 0 radical (unpaired) electrons. The molecule has 0 atom stereocenters. The number of phenolic OH excluding ortho intramolecular Hbond substituents is 1. The van der Waals surface area contributed by atoms with E-state index in [0.717, 1.165) is 24.9 Å². The van der Waals surface area contributed by atoms with Gasteiger partial charge in [-0.25, -0.2) is 4.39 Å². The van der Waals surface area contributed by atoms with Crippen molar-refractivity contribution in [3.8, 4) is 5.75 Å². The minimum Gasteiger partial charge on any atom is -0.505 e. The van der Waals surface area contributed by atoms with Gasteiger partial charge in [-0.2, -0.15) is 0 Å². The van der Waals surface area contributed by atoms with E-state index in [1.807, 2.05) is 0 Å². The van der Waals surface area contributed by atoms with Crippen LogP contribution in [0.4, 0.5) is 4.39 Å². The SMILES string of the molecule is CCc1cccc2c(CCNC(=NC)NCc3ccc(O)c(F)c3)c[nH]c12. The maximum atomic E-state index is 13.4. The van der Waals surface area contributed by atoms with Crippen LogP contribution in [0, 0.1) is 5.82 Å². The Labute approximate surface area is 158 Å². The molecule has 0 unspecified atom stereocenters. The van der Waals surface area contributed by atoms with Crippen LogP contribution < -0.4 is 10.6 Å². The number of aromatic amines is 1. The molecule has 5 nitrogen and oxygen atoms in total. The Morgan fingerprint density at radius 3 is 2.78 bits per heavy atom. The molecule has 0 aliphatic rings. The number of aromatic hydroxyl groups is 1. The van der Waals surface area contributed by atoms with E-state index in [4.69, 9.17) is 0 Å². The summed E-state index contributed by atoms with van der Waals surface area (Å²) in [4.78, 5) is 7.58. The quantitative estimate of drug-likeness (QED) is 0.398. The number of para-hydroxylation sites is 1. The second kappa shape index (κ2) is 8.58. The minimum absolute atomic E-state index is 0.341. The monoisotopic (exact) mass is 368 g/mol. The van der Waals surface area contributed by atoms with Crippen LogP contribution in [0.15, 0.2) is 47.6 Å². The van der Waals surface area contributed by atoms with E-state index < -0.39 is 5.82 Å². The summed E-state index contributed by atoms with van der Waals surface area (Å²) in [6.07, 6.45) is 3.94. The van der Waals surface area contributed by atoms with Crippen molar-refractivity contribution in [2.45, 2.75) is 26.3 Å². The van der Waals surface area contributed by atoms with Gasteiger partial charge in [0.1, 0.15) is 0 Å². The molecule has 142 valence electrons. The maximum absolute atomic E-state index is 13.4. The molecule has 4 N–H and O–H groups in total. The average Bonchev–Trinajstić information content (AvgIpc) is 3.10. The molecule has 1 heterocycles. The lowest BCUT2D eigenvalue weighted by Crippen LogP contribution is -2.37. The Bertz CT molecular complexity index is 949. The van der Waals surface area contributed by atoms with E-state index in [1.165, 1.54) is 34.2 Å². The van der Waals surface area contributed by atoms with Gasteiger partial charge in [0.25, 0.3) is 0 Å². The smallest absolute Gasteiger partial charge is 0.191 e. The number of nitrogens with one attached hydrogen (secondary N) is 3. The first-order valence-electron chi connectivity index (χ1n) is 9.12. The van der Waals surface area contributed by atoms with E-state index in [1.54, 1.807) is 13.1 Å². The average molecular weight is 368 g/mol. The fourth-order valence-corrected chi connectivity index (χ4v) is 3.16. The fourth-order valence-electron chi connectivity index (χ4n) is 3.16. The van der Waals surface area contributed by atoms with Crippen LogP contribution in [-0.4, -0.2) is 29.6 Å². The van der Waals surface area contributed by atoms with E-state index in [2.05, 4.69) is 51.9 Å². The van der Waals surface area contributed by atoms with Gasteiger partial charge in [-0.05, 0) is 41.7 Å². The lowest BCUT2D eigenvalue weighted by Gasteiger charge is -2.12. The largest absolute Gasteiger partial charge is 0.505 e. The third-order valence-corrected chi connectivity index (χ3v) is 4.65. The third kappa shape index (κ3) is 4.39. The molecule has 0 bridgehead atoms. The summed E-state index contributed by atoms with van der Waals surface area (Å²) in [6.45, 7) is 3.31. The molecule has 3 aromatic rings. The van der Waals surface area contributed by atoms with Crippen molar-refractivity contribution in [3.63, 3.8) is 0 Å². The van der Waals surface area contributed by atoms with Crippen LogP contribution in [-0.2, 0) is 19.4 Å². The van der Waals surface area contributed by atoms with Gasteiger partial charge in [0.15, 0.2) is 17.5 Å². The lowest BCUT2D eigenvalue weighted by atomic mass is 10.1. The molecule has 0 amide bonds. The van der Waals surface area contributed by atoms with Crippen LogP contribution in [0.1, 0.15) is 23.6 Å². The summed E-state index contributed by atoms with van der Waals surface area (Å²) in [6, 6.07) is 10.7. The molecule has 0 fully saturated rings. The number of halogens is 1. The first-order chi connectivity index (χ1) is 13.1. The van der Waals surface area contributed by atoms with Crippen molar-refractivity contribution in [1.29, 1.82) is 0 Å². The zero-order valence-corrected chi connectivity index (χ0v) is 15.6. The third-order valence-electron chi connectivity index (χ3n) is 4.65. The Balaban J connectivity index is 1.55. The molecule has 0 saturated heterocycles. The van der Waals surface area contributed by atoms with Gasteiger partial charge < -0.3 is 20.7 Å². The van der Waals surface area contributed by atoms with E-state index in [-0.39, 0.29) is 5.75 Å². The summed E-state index contributed by atoms with van der Waals surface area (Å²) < 4.78 is 13.4. The van der Waals surface area contributed by atoms with Gasteiger partial charge in [-0.3, -0.25) is 4.99 Å². The van der Waals surface area contributed by atoms with Gasteiger partial charge >= 0.3 is 0 Å². The van der Waals surface area contributed by atoms with Crippen molar-refractivity contribution in [1.82, 2.24) is 15.6 Å². The summed E-state index contributed by atoms with van der Waals surface area (Å²) >= 11 is 0. The molecule has 3 rings (SSSR count). The Kier molecular flexibility index (Phi) is 5.96. The number of aryl methyl sites for hydroxylation is 1. The van der Waals surface area contributed by atoms with Gasteiger partial charge in [0.2, 0.25) is 0 Å². The molecule has 6 heteroatoms. The highest BCUT2D eigenvalue weighted by molar-refractivity contribution is 5.86. The highest BCUT2D eigenvalue weighted by atomic mass is 19.1. The molecular weight excluding hydrogens is 343 g/mol. The van der Waals surface area contributed by atoms with Crippen LogP contribution in [0.25, 0.3) is 10.9 Å². The highest BCUT2D eigenvalue weighted by Gasteiger charge is 2.07. The van der Waals surface area contributed by atoms with Crippen molar-refractivity contribution < 1.29 is 9.50 Å². The molecule has 0 aliphatic carbocycles. The molecular formula is C21H25FN4O. The fraction of sp³-hybridized carbons (Fsp3) is 0.286. The van der Waals surface area contributed by atoms with Crippen molar-refractivity contribution >= 4 is 16.9 Å². The zero-order valence-electron chi connectivity index (χ0n) is 15.6. The van der Waals surface area contributed by atoms with Crippen LogP contribution in [0.2, 0.25) is 0 Å². The number of hydrogen-bond donors (Lipinski definition) is 4. The van der Waals surface area contributed by atoms with E-state index in [0.29, 0.717) is 12.5 Å². The molecule has 27 heavy (non-hydrogen) atoms. The summed E-state index contributed by atoms with van der Waals surface area (Å²) in [5, 5.41) is 16.9. The Morgan fingerprint density at radius 1 is 1.19 bits per heavy atom. The number of hydrogen-bond acceptors (Lipinski definition) is 2. The molecule has 2 aromatic carbocycles. The summed E-state index contributed by atoms with van der Waals surface area (Å²) in [7, 11) is 1.70. The van der Waals surface area contributed by atoms with Crippen LogP contribution >= 0.6 is 0 Å². The van der Waals surface area contributed by atoms with Gasteiger partial charge in [-0.15, -0.1) is 0 Å². The number of aromatic nitrogens is 1. The standard InChI is InChI=1S/C21H25FN4O/c1-3-15-5-4-6-17-16(13-25-20(15)17)9-10-24-21(23-2)26-12-14-7-8-19(27)18(22)11-14/h4-8,11,13,25,27H,3,9-10,12H2,1-2H3,(H2,23,24,26). The Morgan fingerprint density at radius 2 is 2.04 bits per heavy atom. The molecule has 0 saturated carbocycles. The van der Waals surface area contributed by atoms with Crippen LogP contribution in [0.5, 0.6) is 5.75 Å². The number of fused-ring (bicyclic) bond motifs is 1. The second-order valence-electron chi connectivity index (χ2n) is 6.40. The topological polar surface area (TPSA) is 72.4 Å². The van der Waals surface area contributed by atoms with Crippen molar-refractivity contribution in [2.75, 3.05) is 13.6 Å². The van der Waals surface area contributed by atoms with Gasteiger partial charge in [-0.1, -0.05) is 31.2 Å². The number of guanidine groups is 1. The zero-order chi connectivity index (χ0) is 19.2. The normalized spacial score (nSPS) is 11.7. The van der Waals surface area contributed by atoms with E-state index in [9.17, 15) is 9.50 Å². The van der Waals surface area contributed by atoms with Gasteiger partial charge in [0, 0.05) is 37.2 Å². The number of aliphatic imine (C=N–C) groups is 1. The Hall–Kier alpha value is -3.02. The predicted molar refractivity (Wildman–Crippen MR) is 108 cm³/mol. The molecule has 0 spiro atoms. The first-order valence-corrected chi connectivity index (χ1v) is 9.12. The predicted octanol–water partition coefficient (Wildman–Crippen LogP) is 3.48. The second-order valence-corrected chi connectivity index (χ2v) is 6.40. The van der Waals surface area contributed by atoms with Gasteiger partial charge in [0.05, 0.1) is 0 Å². The highest BCUT2D eigenvalue weighted by Crippen LogP contribution is 2.22. The number of benzene rings is 2. The van der Waals surface area contributed by atoms with E-state index >= 15 is 0 Å².